The fraction of sp³-hybridized carbons (Fsp3) is 0.273. The Labute approximate surface area is 72.4 Å². The van der Waals surface area contributed by atoms with Gasteiger partial charge in [-0.1, -0.05) is 18.1 Å². The van der Waals surface area contributed by atoms with Gasteiger partial charge in [0.1, 0.15) is 5.82 Å². The number of benzene rings is 1. The standard InChI is InChI=1S/C11H10F/c1-2-3-4-5-10-6-8-11(12)9-7-10/h6-9H,3-5H2. The smallest absolute Gasteiger partial charge is 0.123 e. The van der Waals surface area contributed by atoms with Crippen LogP contribution >= 0.6 is 0 Å². The van der Waals surface area contributed by atoms with E-state index in [0.717, 1.165) is 18.4 Å². The summed E-state index contributed by atoms with van der Waals surface area (Å²) in [6.07, 6.45) is 9.18. The van der Waals surface area contributed by atoms with Crippen LogP contribution in [0, 0.1) is 18.2 Å². The van der Waals surface area contributed by atoms with Gasteiger partial charge < -0.3 is 0 Å². The third-order valence-corrected chi connectivity index (χ3v) is 1.68. The number of aryl methyl sites for hydroxylation is 1. The summed E-state index contributed by atoms with van der Waals surface area (Å²) in [6, 6.07) is 6.48. The summed E-state index contributed by atoms with van der Waals surface area (Å²) in [5.41, 5.74) is 1.12. The van der Waals surface area contributed by atoms with E-state index in [9.17, 15) is 4.39 Å². The van der Waals surface area contributed by atoms with Crippen LogP contribution in [0.4, 0.5) is 4.39 Å². The molecule has 0 aromatic heterocycles. The van der Waals surface area contributed by atoms with E-state index < -0.39 is 0 Å². The molecule has 1 aromatic rings. The largest absolute Gasteiger partial charge is 0.207 e. The van der Waals surface area contributed by atoms with E-state index in [1.165, 1.54) is 12.1 Å². The van der Waals surface area contributed by atoms with Crippen molar-refractivity contribution in [2.45, 2.75) is 19.3 Å². The van der Waals surface area contributed by atoms with Crippen molar-refractivity contribution in [2.24, 2.45) is 0 Å². The molecule has 0 aliphatic rings. The molecule has 1 radical (unpaired) electrons. The maximum Gasteiger partial charge on any atom is 0.123 e. The van der Waals surface area contributed by atoms with Gasteiger partial charge in [-0.2, -0.15) is 0 Å². The first-order valence-corrected chi connectivity index (χ1v) is 3.97. The van der Waals surface area contributed by atoms with E-state index in [2.05, 4.69) is 5.92 Å². The number of hydrogen-bond acceptors (Lipinski definition) is 0. The summed E-state index contributed by atoms with van der Waals surface area (Å²) in [5.74, 6) is 2.13. The molecular weight excluding hydrogens is 151 g/mol. The number of unbranched alkanes of at least 4 members (excludes halogenated alkanes) is 1. The molecule has 0 nitrogen and oxygen atoms in total. The number of hydrogen-bond donors (Lipinski definition) is 0. The van der Waals surface area contributed by atoms with Gasteiger partial charge >= 0.3 is 0 Å². The van der Waals surface area contributed by atoms with Gasteiger partial charge in [0.2, 0.25) is 0 Å². The molecule has 0 amide bonds. The van der Waals surface area contributed by atoms with Gasteiger partial charge in [0, 0.05) is 6.42 Å². The Balaban J connectivity index is 2.43. The molecule has 0 heterocycles. The molecule has 1 rings (SSSR count). The first-order chi connectivity index (χ1) is 5.83. The first kappa shape index (κ1) is 8.80. The van der Waals surface area contributed by atoms with Crippen LogP contribution in [0.25, 0.3) is 0 Å². The highest BCUT2D eigenvalue weighted by atomic mass is 19.1. The normalized spacial score (nSPS) is 9.33. The molecule has 1 heteroatoms. The Morgan fingerprint density at radius 1 is 1.25 bits per heavy atom. The third-order valence-electron chi connectivity index (χ3n) is 1.68. The average molecular weight is 161 g/mol. The molecule has 0 bridgehead atoms. The van der Waals surface area contributed by atoms with Crippen LogP contribution in [0.1, 0.15) is 18.4 Å². The molecule has 0 saturated carbocycles. The third kappa shape index (κ3) is 2.75. The molecule has 0 unspecified atom stereocenters. The topological polar surface area (TPSA) is 0 Å². The quantitative estimate of drug-likeness (QED) is 0.472. The van der Waals surface area contributed by atoms with Crippen LogP contribution in [0.15, 0.2) is 24.3 Å². The van der Waals surface area contributed by atoms with Gasteiger partial charge in [0.05, 0.1) is 0 Å². The second-order valence-corrected chi connectivity index (χ2v) is 2.66. The van der Waals surface area contributed by atoms with Crippen LogP contribution in [0.2, 0.25) is 0 Å². The maximum absolute atomic E-state index is 12.4. The highest BCUT2D eigenvalue weighted by Crippen LogP contribution is 2.06. The molecule has 0 aliphatic heterocycles. The second kappa shape index (κ2) is 4.56. The summed E-state index contributed by atoms with van der Waals surface area (Å²) in [6.45, 7) is 0. The Morgan fingerprint density at radius 3 is 2.50 bits per heavy atom. The van der Waals surface area contributed by atoms with E-state index in [4.69, 9.17) is 6.42 Å². The molecule has 0 fully saturated rings. The Kier molecular flexibility index (Phi) is 3.35. The maximum atomic E-state index is 12.4. The molecule has 0 aliphatic carbocycles. The number of halogens is 1. The van der Waals surface area contributed by atoms with Gasteiger partial charge in [0.15, 0.2) is 0 Å². The minimum atomic E-state index is -0.197. The average Bonchev–Trinajstić information content (AvgIpc) is 2.09. The van der Waals surface area contributed by atoms with Crippen molar-refractivity contribution in [2.75, 3.05) is 0 Å². The fourth-order valence-corrected chi connectivity index (χ4v) is 1.03. The predicted molar refractivity (Wildman–Crippen MR) is 46.5 cm³/mol. The number of rotatable bonds is 3. The summed E-state index contributed by atoms with van der Waals surface area (Å²) in [5, 5.41) is 0. The van der Waals surface area contributed by atoms with Crippen LogP contribution in [0.3, 0.4) is 0 Å². The van der Waals surface area contributed by atoms with E-state index in [1.54, 1.807) is 12.1 Å². The molecule has 0 N–H and O–H groups in total. The lowest BCUT2D eigenvalue weighted by Gasteiger charge is -1.97. The van der Waals surface area contributed by atoms with Crippen LogP contribution in [-0.2, 0) is 6.42 Å². The molecule has 61 valence electrons. The molecule has 0 spiro atoms. The van der Waals surface area contributed by atoms with Gasteiger partial charge in [-0.25, -0.2) is 4.39 Å². The van der Waals surface area contributed by atoms with E-state index in [0.29, 0.717) is 6.42 Å². The molecular formula is C11H10F. The van der Waals surface area contributed by atoms with E-state index >= 15 is 0 Å². The molecule has 1 aromatic carbocycles. The lowest BCUT2D eigenvalue weighted by molar-refractivity contribution is 0.626. The van der Waals surface area contributed by atoms with Gasteiger partial charge in [-0.15, -0.1) is 0 Å². The van der Waals surface area contributed by atoms with Crippen molar-refractivity contribution in [3.63, 3.8) is 0 Å². The van der Waals surface area contributed by atoms with Gasteiger partial charge in [-0.05, 0) is 37.0 Å². The van der Waals surface area contributed by atoms with E-state index in [1.807, 2.05) is 0 Å². The molecule has 0 atom stereocenters. The SMILES string of the molecule is [C]#CCCCc1ccc(F)cc1. The van der Waals surface area contributed by atoms with Crippen LogP contribution in [0.5, 0.6) is 0 Å². The van der Waals surface area contributed by atoms with Crippen molar-refractivity contribution in [3.05, 3.63) is 42.1 Å². The Morgan fingerprint density at radius 2 is 1.92 bits per heavy atom. The van der Waals surface area contributed by atoms with E-state index in [-0.39, 0.29) is 5.82 Å². The molecule has 12 heavy (non-hydrogen) atoms. The summed E-state index contributed by atoms with van der Waals surface area (Å²) in [4.78, 5) is 0. The summed E-state index contributed by atoms with van der Waals surface area (Å²) < 4.78 is 12.4. The van der Waals surface area contributed by atoms with Crippen molar-refractivity contribution in [3.8, 4) is 5.92 Å². The lowest BCUT2D eigenvalue weighted by Crippen LogP contribution is -1.84. The predicted octanol–water partition coefficient (Wildman–Crippen LogP) is 2.74. The summed E-state index contributed by atoms with van der Waals surface area (Å²) in [7, 11) is 0. The molecule has 0 saturated heterocycles. The fourth-order valence-electron chi connectivity index (χ4n) is 1.03. The van der Waals surface area contributed by atoms with Gasteiger partial charge in [0.25, 0.3) is 0 Å². The zero-order valence-corrected chi connectivity index (χ0v) is 6.81. The van der Waals surface area contributed by atoms with Crippen molar-refractivity contribution in [1.29, 1.82) is 0 Å². The minimum Gasteiger partial charge on any atom is -0.207 e. The van der Waals surface area contributed by atoms with Crippen molar-refractivity contribution in [1.82, 2.24) is 0 Å². The zero-order chi connectivity index (χ0) is 8.81. The van der Waals surface area contributed by atoms with Gasteiger partial charge in [-0.3, -0.25) is 0 Å². The van der Waals surface area contributed by atoms with Crippen molar-refractivity contribution < 1.29 is 4.39 Å². The second-order valence-electron chi connectivity index (χ2n) is 2.66. The monoisotopic (exact) mass is 161 g/mol. The lowest BCUT2D eigenvalue weighted by atomic mass is 10.1. The summed E-state index contributed by atoms with van der Waals surface area (Å²) >= 11 is 0. The Bertz CT molecular complexity index is 266. The zero-order valence-electron chi connectivity index (χ0n) is 6.81. The first-order valence-electron chi connectivity index (χ1n) is 3.97. The minimum absolute atomic E-state index is 0.197. The Hall–Kier alpha value is -1.29. The highest BCUT2D eigenvalue weighted by molar-refractivity contribution is 5.16. The highest BCUT2D eigenvalue weighted by Gasteiger charge is 1.92. The van der Waals surface area contributed by atoms with Crippen LogP contribution < -0.4 is 0 Å². The van der Waals surface area contributed by atoms with Crippen LogP contribution in [-0.4, -0.2) is 0 Å². The van der Waals surface area contributed by atoms with Crippen molar-refractivity contribution >= 4 is 0 Å².